The number of carbonyl (C=O) groups is 1. The fourth-order valence-corrected chi connectivity index (χ4v) is 2.44. The molecule has 1 saturated heterocycles. The van der Waals surface area contributed by atoms with Gasteiger partial charge < -0.3 is 10.1 Å². The number of hydrogen-bond donors (Lipinski definition) is 1. The number of esters is 1. The molecular formula is C14H19NO2. The molecule has 1 aromatic rings. The summed E-state index contributed by atoms with van der Waals surface area (Å²) in [6, 6.07) is 8.52. The van der Waals surface area contributed by atoms with Gasteiger partial charge in [-0.2, -0.15) is 0 Å². The number of ether oxygens (including phenoxy) is 1. The Labute approximate surface area is 102 Å². The van der Waals surface area contributed by atoms with Crippen LogP contribution in [0.1, 0.15) is 30.4 Å². The third-order valence-corrected chi connectivity index (χ3v) is 3.58. The summed E-state index contributed by atoms with van der Waals surface area (Å²) in [6.45, 7) is 4.82. The number of benzene rings is 1. The minimum atomic E-state index is -0.537. The Balaban J connectivity index is 2.12. The quantitative estimate of drug-likeness (QED) is 0.794. The van der Waals surface area contributed by atoms with Crippen LogP contribution in [0.5, 0.6) is 0 Å². The molecule has 17 heavy (non-hydrogen) atoms. The van der Waals surface area contributed by atoms with Gasteiger partial charge in [-0.05, 0) is 31.7 Å². The molecule has 1 aliphatic heterocycles. The Bertz CT molecular complexity index is 413. The Hall–Kier alpha value is -1.35. The van der Waals surface area contributed by atoms with E-state index in [1.165, 1.54) is 18.2 Å². The average Bonchev–Trinajstić information content (AvgIpc) is 2.73. The molecule has 2 unspecified atom stereocenters. The van der Waals surface area contributed by atoms with Gasteiger partial charge in [0, 0.05) is 6.54 Å². The van der Waals surface area contributed by atoms with Crippen LogP contribution in [0, 0.1) is 6.92 Å². The van der Waals surface area contributed by atoms with Gasteiger partial charge in [0.25, 0.3) is 0 Å². The van der Waals surface area contributed by atoms with Gasteiger partial charge in [0.1, 0.15) is 5.54 Å². The smallest absolute Gasteiger partial charge is 0.325 e. The van der Waals surface area contributed by atoms with Crippen LogP contribution in [-0.2, 0) is 9.53 Å². The van der Waals surface area contributed by atoms with Gasteiger partial charge in [-0.1, -0.05) is 29.8 Å². The Kier molecular flexibility index (Phi) is 3.20. The van der Waals surface area contributed by atoms with Gasteiger partial charge in [0.05, 0.1) is 7.11 Å². The number of aryl methyl sites for hydroxylation is 1. The molecule has 92 valence electrons. The molecule has 0 aromatic heterocycles. The molecule has 1 aliphatic rings. The van der Waals surface area contributed by atoms with Gasteiger partial charge in [0.15, 0.2) is 0 Å². The van der Waals surface area contributed by atoms with E-state index < -0.39 is 5.54 Å². The summed E-state index contributed by atoms with van der Waals surface area (Å²) in [6.07, 6.45) is 0.794. The van der Waals surface area contributed by atoms with E-state index in [1.807, 2.05) is 6.92 Å². The van der Waals surface area contributed by atoms with Gasteiger partial charge in [-0.25, -0.2) is 0 Å². The zero-order chi connectivity index (χ0) is 12.5. The normalized spacial score (nSPS) is 28.1. The summed E-state index contributed by atoms with van der Waals surface area (Å²) >= 11 is 0. The van der Waals surface area contributed by atoms with Crippen molar-refractivity contribution in [3.8, 4) is 0 Å². The first kappa shape index (κ1) is 12.1. The second-order valence-electron chi connectivity index (χ2n) is 5.02. The van der Waals surface area contributed by atoms with Crippen molar-refractivity contribution in [1.29, 1.82) is 0 Å². The first-order chi connectivity index (χ1) is 8.05. The van der Waals surface area contributed by atoms with Crippen molar-refractivity contribution in [1.82, 2.24) is 5.32 Å². The molecular weight excluding hydrogens is 214 g/mol. The molecule has 3 heteroatoms. The first-order valence-electron chi connectivity index (χ1n) is 5.95. The maximum Gasteiger partial charge on any atom is 0.325 e. The highest BCUT2D eigenvalue weighted by Gasteiger charge is 2.42. The number of rotatable bonds is 2. The third kappa shape index (κ3) is 2.34. The molecule has 1 N–H and O–H groups in total. The first-order valence-corrected chi connectivity index (χ1v) is 5.95. The summed E-state index contributed by atoms with van der Waals surface area (Å²) in [5, 5.41) is 3.27. The van der Waals surface area contributed by atoms with Gasteiger partial charge >= 0.3 is 5.97 Å². The Morgan fingerprint density at radius 3 is 2.65 bits per heavy atom. The van der Waals surface area contributed by atoms with Crippen molar-refractivity contribution >= 4 is 5.97 Å². The van der Waals surface area contributed by atoms with Crippen LogP contribution in [0.3, 0.4) is 0 Å². The molecule has 0 aliphatic carbocycles. The molecule has 1 heterocycles. The highest BCUT2D eigenvalue weighted by atomic mass is 16.5. The Morgan fingerprint density at radius 1 is 1.41 bits per heavy atom. The van der Waals surface area contributed by atoms with E-state index in [9.17, 15) is 4.79 Å². The zero-order valence-corrected chi connectivity index (χ0v) is 10.6. The van der Waals surface area contributed by atoms with E-state index in [0.717, 1.165) is 13.0 Å². The number of carbonyl (C=O) groups excluding carboxylic acids is 1. The van der Waals surface area contributed by atoms with Crippen molar-refractivity contribution in [3.63, 3.8) is 0 Å². The maximum absolute atomic E-state index is 11.7. The number of hydrogen-bond acceptors (Lipinski definition) is 3. The molecule has 1 aromatic carbocycles. The van der Waals surface area contributed by atoms with E-state index in [1.54, 1.807) is 0 Å². The summed E-state index contributed by atoms with van der Waals surface area (Å²) in [7, 11) is 1.44. The van der Waals surface area contributed by atoms with Crippen molar-refractivity contribution < 1.29 is 9.53 Å². The predicted octanol–water partition coefficient (Wildman–Crippen LogP) is 2.00. The highest BCUT2D eigenvalue weighted by molar-refractivity contribution is 5.80. The molecule has 0 radical (unpaired) electrons. The van der Waals surface area contributed by atoms with Crippen LogP contribution in [-0.4, -0.2) is 25.2 Å². The average molecular weight is 233 g/mol. The number of methoxy groups -OCH3 is 1. The van der Waals surface area contributed by atoms with Crippen LogP contribution in [0.25, 0.3) is 0 Å². The van der Waals surface area contributed by atoms with E-state index in [-0.39, 0.29) is 5.97 Å². The molecule has 2 atom stereocenters. The van der Waals surface area contributed by atoms with Gasteiger partial charge in [0.2, 0.25) is 0 Å². The van der Waals surface area contributed by atoms with Gasteiger partial charge in [-0.3, -0.25) is 4.79 Å². The van der Waals surface area contributed by atoms with Crippen molar-refractivity contribution in [2.24, 2.45) is 0 Å². The van der Waals surface area contributed by atoms with Crippen molar-refractivity contribution in [2.45, 2.75) is 31.7 Å². The molecule has 0 bridgehead atoms. The van der Waals surface area contributed by atoms with Crippen molar-refractivity contribution in [2.75, 3.05) is 13.7 Å². The molecule has 1 fully saturated rings. The van der Waals surface area contributed by atoms with E-state index in [0.29, 0.717) is 5.92 Å². The molecule has 0 amide bonds. The number of nitrogens with one attached hydrogen (secondary N) is 1. The lowest BCUT2D eigenvalue weighted by Crippen LogP contribution is -2.45. The molecule has 0 spiro atoms. The zero-order valence-electron chi connectivity index (χ0n) is 10.6. The fourth-order valence-electron chi connectivity index (χ4n) is 2.44. The third-order valence-electron chi connectivity index (χ3n) is 3.58. The monoisotopic (exact) mass is 233 g/mol. The minimum Gasteiger partial charge on any atom is -0.468 e. The van der Waals surface area contributed by atoms with Crippen LogP contribution in [0.4, 0.5) is 0 Å². The van der Waals surface area contributed by atoms with Crippen LogP contribution < -0.4 is 5.32 Å². The van der Waals surface area contributed by atoms with Crippen LogP contribution in [0.15, 0.2) is 24.3 Å². The molecule has 3 nitrogen and oxygen atoms in total. The summed E-state index contributed by atoms with van der Waals surface area (Å²) in [4.78, 5) is 11.7. The summed E-state index contributed by atoms with van der Waals surface area (Å²) < 4.78 is 4.84. The second kappa shape index (κ2) is 4.49. The highest BCUT2D eigenvalue weighted by Crippen LogP contribution is 2.32. The Morgan fingerprint density at radius 2 is 2.06 bits per heavy atom. The lowest BCUT2D eigenvalue weighted by molar-refractivity contribution is -0.147. The predicted molar refractivity (Wildman–Crippen MR) is 67.0 cm³/mol. The van der Waals surface area contributed by atoms with Crippen molar-refractivity contribution in [3.05, 3.63) is 35.4 Å². The maximum atomic E-state index is 11.7. The standard InChI is InChI=1S/C14H19NO2/c1-10-4-6-11(7-5-10)12-8-14(2,15-9-12)13(16)17-3/h4-7,12,15H,8-9H2,1-3H3. The van der Waals surface area contributed by atoms with E-state index >= 15 is 0 Å². The SMILES string of the molecule is COC(=O)C1(C)CC(c2ccc(C)cc2)CN1. The minimum absolute atomic E-state index is 0.174. The summed E-state index contributed by atoms with van der Waals surface area (Å²) in [5.41, 5.74) is 2.01. The second-order valence-corrected chi connectivity index (χ2v) is 5.02. The molecule has 0 saturated carbocycles. The largest absolute Gasteiger partial charge is 0.468 e. The van der Waals surface area contributed by atoms with E-state index in [2.05, 4.69) is 36.5 Å². The lowest BCUT2D eigenvalue weighted by atomic mass is 9.90. The summed E-state index contributed by atoms with van der Waals surface area (Å²) in [5.74, 6) is 0.215. The fraction of sp³-hybridized carbons (Fsp3) is 0.500. The topological polar surface area (TPSA) is 38.3 Å². The molecule has 2 rings (SSSR count). The van der Waals surface area contributed by atoms with Crippen LogP contribution >= 0.6 is 0 Å². The van der Waals surface area contributed by atoms with E-state index in [4.69, 9.17) is 4.74 Å². The van der Waals surface area contributed by atoms with Gasteiger partial charge in [-0.15, -0.1) is 0 Å². The lowest BCUT2D eigenvalue weighted by Gasteiger charge is -2.20. The van der Waals surface area contributed by atoms with Crippen LogP contribution in [0.2, 0.25) is 0 Å².